The molecule has 2 aromatic heterocycles. The molecule has 0 bridgehead atoms. The third-order valence-corrected chi connectivity index (χ3v) is 3.29. The highest BCUT2D eigenvalue weighted by molar-refractivity contribution is 7.09. The van der Waals surface area contributed by atoms with Gasteiger partial charge in [-0.1, -0.05) is 6.07 Å². The molecule has 1 atom stereocenters. The quantitative estimate of drug-likeness (QED) is 0.858. The van der Waals surface area contributed by atoms with Crippen LogP contribution in [0.25, 0.3) is 0 Å². The lowest BCUT2D eigenvalue weighted by atomic mass is 10.1. The van der Waals surface area contributed by atoms with Crippen molar-refractivity contribution in [2.75, 3.05) is 6.54 Å². The first-order chi connectivity index (χ1) is 7.31. The molecule has 0 radical (unpaired) electrons. The van der Waals surface area contributed by atoms with Crippen LogP contribution < -0.4 is 5.73 Å². The topological polar surface area (TPSA) is 51.8 Å². The van der Waals surface area contributed by atoms with Gasteiger partial charge in [-0.2, -0.15) is 0 Å². The maximum absolute atomic E-state index is 5.77. The summed E-state index contributed by atoms with van der Waals surface area (Å²) in [6.45, 7) is 2.54. The highest BCUT2D eigenvalue weighted by Crippen LogP contribution is 2.24. The fourth-order valence-electron chi connectivity index (χ4n) is 1.46. The molecule has 1 unspecified atom stereocenters. The van der Waals surface area contributed by atoms with Crippen LogP contribution in [0.5, 0.6) is 0 Å². The van der Waals surface area contributed by atoms with Crippen LogP contribution in [0.15, 0.2) is 29.8 Å². The van der Waals surface area contributed by atoms with E-state index in [0.717, 1.165) is 16.4 Å². The molecule has 78 valence electrons. The van der Waals surface area contributed by atoms with Crippen molar-refractivity contribution in [3.05, 3.63) is 46.2 Å². The van der Waals surface area contributed by atoms with Gasteiger partial charge >= 0.3 is 0 Å². The van der Waals surface area contributed by atoms with Crippen molar-refractivity contribution >= 4 is 11.3 Å². The minimum Gasteiger partial charge on any atom is -0.329 e. The average Bonchev–Trinajstić information content (AvgIpc) is 2.68. The van der Waals surface area contributed by atoms with E-state index >= 15 is 0 Å². The first-order valence-corrected chi connectivity index (χ1v) is 5.72. The summed E-state index contributed by atoms with van der Waals surface area (Å²) in [6.07, 6.45) is 1.79. The summed E-state index contributed by atoms with van der Waals surface area (Å²) in [5, 5.41) is 3.09. The van der Waals surface area contributed by atoms with Gasteiger partial charge < -0.3 is 5.73 Å². The number of hydrogen-bond donors (Lipinski definition) is 1. The molecule has 0 aliphatic heterocycles. The molecular weight excluding hydrogens is 206 g/mol. The van der Waals surface area contributed by atoms with Crippen LogP contribution in [0.2, 0.25) is 0 Å². The average molecular weight is 219 g/mol. The Morgan fingerprint density at radius 1 is 1.47 bits per heavy atom. The molecule has 2 aromatic rings. The van der Waals surface area contributed by atoms with Crippen LogP contribution in [0, 0.1) is 6.92 Å². The Kier molecular flexibility index (Phi) is 3.08. The molecule has 0 aliphatic rings. The van der Waals surface area contributed by atoms with Crippen molar-refractivity contribution in [2.24, 2.45) is 5.73 Å². The molecule has 0 saturated heterocycles. The van der Waals surface area contributed by atoms with Crippen molar-refractivity contribution in [2.45, 2.75) is 12.8 Å². The van der Waals surface area contributed by atoms with Gasteiger partial charge in [-0.05, 0) is 19.1 Å². The van der Waals surface area contributed by atoms with Gasteiger partial charge in [-0.3, -0.25) is 4.98 Å². The maximum atomic E-state index is 5.77. The molecule has 2 rings (SSSR count). The molecule has 0 saturated carbocycles. The van der Waals surface area contributed by atoms with Crippen LogP contribution in [0.1, 0.15) is 22.3 Å². The zero-order valence-corrected chi connectivity index (χ0v) is 9.37. The van der Waals surface area contributed by atoms with E-state index in [0.29, 0.717) is 6.54 Å². The number of aromatic nitrogens is 2. The third-order valence-electron chi connectivity index (χ3n) is 2.22. The molecule has 2 N–H and O–H groups in total. The van der Waals surface area contributed by atoms with E-state index in [1.54, 1.807) is 17.5 Å². The molecule has 0 spiro atoms. The summed E-state index contributed by atoms with van der Waals surface area (Å²) in [5.74, 6) is 0.130. The molecule has 4 heteroatoms. The lowest BCUT2D eigenvalue weighted by molar-refractivity contribution is 0.777. The minimum atomic E-state index is 0.130. The van der Waals surface area contributed by atoms with Crippen LogP contribution in [-0.2, 0) is 0 Å². The zero-order chi connectivity index (χ0) is 10.7. The smallest absolute Gasteiger partial charge is 0.103 e. The Morgan fingerprint density at radius 3 is 2.87 bits per heavy atom. The van der Waals surface area contributed by atoms with E-state index in [2.05, 4.69) is 9.97 Å². The number of rotatable bonds is 3. The second-order valence-electron chi connectivity index (χ2n) is 3.37. The van der Waals surface area contributed by atoms with Crippen LogP contribution >= 0.6 is 11.3 Å². The molecule has 15 heavy (non-hydrogen) atoms. The van der Waals surface area contributed by atoms with Crippen molar-refractivity contribution in [1.29, 1.82) is 0 Å². The number of pyridine rings is 1. The molecule has 0 amide bonds. The molecule has 2 heterocycles. The normalized spacial score (nSPS) is 12.7. The molecule has 0 fully saturated rings. The van der Waals surface area contributed by atoms with Crippen molar-refractivity contribution in [1.82, 2.24) is 9.97 Å². The van der Waals surface area contributed by atoms with Gasteiger partial charge in [-0.25, -0.2) is 4.98 Å². The largest absolute Gasteiger partial charge is 0.329 e. The predicted octanol–water partition coefficient (Wildman–Crippen LogP) is 1.94. The molecule has 3 nitrogen and oxygen atoms in total. The van der Waals surface area contributed by atoms with Crippen molar-refractivity contribution < 1.29 is 0 Å². The van der Waals surface area contributed by atoms with Gasteiger partial charge in [0.1, 0.15) is 5.01 Å². The van der Waals surface area contributed by atoms with E-state index in [4.69, 9.17) is 5.73 Å². The molecule has 0 aromatic carbocycles. The first-order valence-electron chi connectivity index (χ1n) is 4.84. The van der Waals surface area contributed by atoms with E-state index in [1.165, 1.54) is 0 Å². The summed E-state index contributed by atoms with van der Waals surface area (Å²) in [6, 6.07) is 5.88. The van der Waals surface area contributed by atoms with Crippen molar-refractivity contribution in [3.8, 4) is 0 Å². The number of thiazole rings is 1. The Morgan fingerprint density at radius 2 is 2.33 bits per heavy atom. The highest BCUT2D eigenvalue weighted by Gasteiger charge is 2.16. The van der Waals surface area contributed by atoms with Gasteiger partial charge in [0.15, 0.2) is 0 Å². The summed E-state index contributed by atoms with van der Waals surface area (Å²) in [5.41, 5.74) is 7.81. The van der Waals surface area contributed by atoms with Crippen LogP contribution in [-0.4, -0.2) is 16.5 Å². The Labute approximate surface area is 93.0 Å². The van der Waals surface area contributed by atoms with E-state index in [-0.39, 0.29) is 5.92 Å². The second kappa shape index (κ2) is 4.51. The second-order valence-corrected chi connectivity index (χ2v) is 4.26. The Balaban J connectivity index is 2.33. The van der Waals surface area contributed by atoms with Gasteiger partial charge in [0, 0.05) is 23.8 Å². The van der Waals surface area contributed by atoms with Crippen molar-refractivity contribution in [3.63, 3.8) is 0 Å². The number of nitrogens with zero attached hydrogens (tertiary/aromatic N) is 2. The summed E-state index contributed by atoms with van der Waals surface area (Å²) in [7, 11) is 0. The standard InChI is InChI=1S/C11H13N3S/c1-8-7-15-11(14-8)9(6-12)10-4-2-3-5-13-10/h2-5,7,9H,6,12H2,1H3. The van der Waals surface area contributed by atoms with Crippen LogP contribution in [0.4, 0.5) is 0 Å². The van der Waals surface area contributed by atoms with E-state index in [1.807, 2.05) is 30.5 Å². The van der Waals surface area contributed by atoms with Gasteiger partial charge in [0.25, 0.3) is 0 Å². The van der Waals surface area contributed by atoms with Gasteiger partial charge in [-0.15, -0.1) is 11.3 Å². The van der Waals surface area contributed by atoms with E-state index < -0.39 is 0 Å². The SMILES string of the molecule is Cc1csc(C(CN)c2ccccn2)n1. The number of hydrogen-bond acceptors (Lipinski definition) is 4. The maximum Gasteiger partial charge on any atom is 0.103 e. The zero-order valence-electron chi connectivity index (χ0n) is 8.55. The fraction of sp³-hybridized carbons (Fsp3) is 0.273. The monoisotopic (exact) mass is 219 g/mol. The Bertz CT molecular complexity index is 424. The molecule has 0 aliphatic carbocycles. The summed E-state index contributed by atoms with van der Waals surface area (Å²) in [4.78, 5) is 8.78. The van der Waals surface area contributed by atoms with Gasteiger partial charge in [0.2, 0.25) is 0 Å². The number of aryl methyl sites for hydroxylation is 1. The number of nitrogens with two attached hydrogens (primary N) is 1. The highest BCUT2D eigenvalue weighted by atomic mass is 32.1. The van der Waals surface area contributed by atoms with Crippen LogP contribution in [0.3, 0.4) is 0 Å². The molecular formula is C11H13N3S. The summed E-state index contributed by atoms with van der Waals surface area (Å²) >= 11 is 1.65. The van der Waals surface area contributed by atoms with E-state index in [9.17, 15) is 0 Å². The minimum absolute atomic E-state index is 0.130. The predicted molar refractivity (Wildman–Crippen MR) is 62.0 cm³/mol. The lowest BCUT2D eigenvalue weighted by Crippen LogP contribution is -2.14. The van der Waals surface area contributed by atoms with Gasteiger partial charge in [0.05, 0.1) is 11.6 Å². The summed E-state index contributed by atoms with van der Waals surface area (Å²) < 4.78 is 0. The third kappa shape index (κ3) is 2.22. The Hall–Kier alpha value is -1.26. The lowest BCUT2D eigenvalue weighted by Gasteiger charge is -2.10. The first kappa shape index (κ1) is 10.3. The fourth-order valence-corrected chi connectivity index (χ4v) is 2.38.